The molecule has 0 aliphatic heterocycles. The van der Waals surface area contributed by atoms with Crippen LogP contribution in [-0.4, -0.2) is 18.9 Å². The molecule has 0 fully saturated rings. The topological polar surface area (TPSA) is 43.4 Å². The molecule has 21 heavy (non-hydrogen) atoms. The van der Waals surface area contributed by atoms with Gasteiger partial charge in [-0.3, -0.25) is 9.59 Å². The molecule has 0 aliphatic carbocycles. The summed E-state index contributed by atoms with van der Waals surface area (Å²) in [4.78, 5) is 23.3. The van der Waals surface area contributed by atoms with E-state index in [0.29, 0.717) is 19.3 Å². The van der Waals surface area contributed by atoms with Crippen molar-refractivity contribution in [3.8, 4) is 12.3 Å². The van der Waals surface area contributed by atoms with Crippen LogP contribution in [-0.2, 0) is 19.7 Å². The summed E-state index contributed by atoms with van der Waals surface area (Å²) in [5.41, 5.74) is 1.35. The quantitative estimate of drug-likeness (QED) is 0.334. The molecule has 3 heteroatoms. The smallest absolute Gasteiger partial charge is 0.315 e. The number of hydrogen-bond acceptors (Lipinski definition) is 3. The van der Waals surface area contributed by atoms with E-state index < -0.39 is 5.41 Å². The number of ether oxygens (including phenoxy) is 1. The first kappa shape index (κ1) is 17.0. The SMILES string of the molecule is C#CC(=O)CCCCC(C)(C(=O)OC)c1cccc(C)c1. The Morgan fingerprint density at radius 1 is 1.33 bits per heavy atom. The monoisotopic (exact) mass is 286 g/mol. The summed E-state index contributed by atoms with van der Waals surface area (Å²) in [5, 5.41) is 0. The average molecular weight is 286 g/mol. The van der Waals surface area contributed by atoms with Crippen molar-refractivity contribution in [1.82, 2.24) is 0 Å². The van der Waals surface area contributed by atoms with Crippen LogP contribution in [0.25, 0.3) is 0 Å². The van der Waals surface area contributed by atoms with Crippen LogP contribution in [0, 0.1) is 19.3 Å². The van der Waals surface area contributed by atoms with E-state index >= 15 is 0 Å². The Morgan fingerprint density at radius 3 is 2.62 bits per heavy atom. The molecule has 0 amide bonds. The lowest BCUT2D eigenvalue weighted by molar-refractivity contribution is -0.147. The largest absolute Gasteiger partial charge is 0.468 e. The van der Waals surface area contributed by atoms with E-state index in [2.05, 4.69) is 5.92 Å². The number of carbonyl (C=O) groups is 2. The first-order chi connectivity index (χ1) is 9.93. The van der Waals surface area contributed by atoms with Crippen molar-refractivity contribution in [3.63, 3.8) is 0 Å². The molecule has 0 bridgehead atoms. The van der Waals surface area contributed by atoms with Gasteiger partial charge in [-0.1, -0.05) is 36.2 Å². The fraction of sp³-hybridized carbons (Fsp3) is 0.444. The maximum absolute atomic E-state index is 12.2. The minimum atomic E-state index is -0.694. The zero-order valence-corrected chi connectivity index (χ0v) is 12.9. The minimum Gasteiger partial charge on any atom is -0.468 e. The molecule has 0 N–H and O–H groups in total. The molecule has 1 atom stereocenters. The summed E-state index contributed by atoms with van der Waals surface area (Å²) in [5.74, 6) is 1.66. The standard InChI is InChI=1S/C18H22O3/c1-5-16(19)11-6-7-12-18(3,17(20)21-4)15-10-8-9-14(2)13-15/h1,8-10,13H,6-7,11-12H2,2-4H3. The van der Waals surface area contributed by atoms with Crippen LogP contribution in [0.5, 0.6) is 0 Å². The molecule has 0 aromatic heterocycles. The van der Waals surface area contributed by atoms with Crippen LogP contribution < -0.4 is 0 Å². The van der Waals surface area contributed by atoms with Crippen LogP contribution in [0.2, 0.25) is 0 Å². The van der Waals surface area contributed by atoms with E-state index in [9.17, 15) is 9.59 Å². The molecular formula is C18H22O3. The number of ketones is 1. The van der Waals surface area contributed by atoms with Gasteiger partial charge in [-0.05, 0) is 38.2 Å². The van der Waals surface area contributed by atoms with Gasteiger partial charge in [-0.25, -0.2) is 0 Å². The second kappa shape index (κ2) is 7.64. The average Bonchev–Trinajstić information content (AvgIpc) is 2.50. The second-order valence-electron chi connectivity index (χ2n) is 5.47. The predicted octanol–water partition coefficient (Wildman–Crippen LogP) is 3.19. The van der Waals surface area contributed by atoms with Crippen LogP contribution in [0.3, 0.4) is 0 Å². The second-order valence-corrected chi connectivity index (χ2v) is 5.47. The number of unbranched alkanes of at least 4 members (excludes halogenated alkanes) is 1. The van der Waals surface area contributed by atoms with Crippen molar-refractivity contribution in [2.75, 3.05) is 7.11 Å². The molecule has 0 radical (unpaired) electrons. The first-order valence-corrected chi connectivity index (χ1v) is 7.09. The Balaban J connectivity index is 2.83. The Morgan fingerprint density at radius 2 is 2.05 bits per heavy atom. The van der Waals surface area contributed by atoms with Crippen molar-refractivity contribution < 1.29 is 14.3 Å². The first-order valence-electron chi connectivity index (χ1n) is 7.09. The Kier molecular flexibility index (Phi) is 6.17. The highest BCUT2D eigenvalue weighted by Crippen LogP contribution is 2.31. The molecule has 1 aromatic carbocycles. The van der Waals surface area contributed by atoms with Crippen molar-refractivity contribution in [2.45, 2.75) is 44.9 Å². The molecule has 1 unspecified atom stereocenters. The van der Waals surface area contributed by atoms with E-state index in [4.69, 9.17) is 11.2 Å². The molecular weight excluding hydrogens is 264 g/mol. The van der Waals surface area contributed by atoms with Gasteiger partial charge in [0.15, 0.2) is 0 Å². The number of rotatable bonds is 7. The van der Waals surface area contributed by atoms with Gasteiger partial charge in [0, 0.05) is 6.42 Å². The molecule has 1 rings (SSSR count). The minimum absolute atomic E-state index is 0.190. The zero-order valence-electron chi connectivity index (χ0n) is 12.9. The highest BCUT2D eigenvalue weighted by Gasteiger charge is 2.35. The van der Waals surface area contributed by atoms with Gasteiger partial charge in [0.05, 0.1) is 12.5 Å². The molecule has 0 spiro atoms. The Labute approximate surface area is 126 Å². The number of methoxy groups -OCH3 is 1. The lowest BCUT2D eigenvalue weighted by Crippen LogP contribution is -2.34. The molecule has 0 saturated heterocycles. The zero-order chi connectivity index (χ0) is 15.9. The van der Waals surface area contributed by atoms with E-state index in [-0.39, 0.29) is 11.8 Å². The van der Waals surface area contributed by atoms with Gasteiger partial charge in [0.1, 0.15) is 0 Å². The number of aryl methyl sites for hydroxylation is 1. The van der Waals surface area contributed by atoms with Crippen LogP contribution in [0.15, 0.2) is 24.3 Å². The van der Waals surface area contributed by atoms with Crippen LogP contribution >= 0.6 is 0 Å². The van der Waals surface area contributed by atoms with Gasteiger partial charge >= 0.3 is 5.97 Å². The highest BCUT2D eigenvalue weighted by molar-refractivity contribution is 5.94. The van der Waals surface area contributed by atoms with Gasteiger partial charge in [0.25, 0.3) is 0 Å². The van der Waals surface area contributed by atoms with Crippen molar-refractivity contribution >= 4 is 11.8 Å². The fourth-order valence-corrected chi connectivity index (χ4v) is 2.41. The van der Waals surface area contributed by atoms with E-state index in [0.717, 1.165) is 17.5 Å². The third-order valence-electron chi connectivity index (χ3n) is 3.78. The lowest BCUT2D eigenvalue weighted by Gasteiger charge is -2.27. The lowest BCUT2D eigenvalue weighted by atomic mass is 9.77. The normalized spacial score (nSPS) is 13.0. The molecule has 0 aliphatic rings. The molecule has 0 saturated carbocycles. The summed E-state index contributed by atoms with van der Waals surface area (Å²) >= 11 is 0. The Hall–Kier alpha value is -2.08. The van der Waals surface area contributed by atoms with Crippen molar-refractivity contribution in [3.05, 3.63) is 35.4 Å². The van der Waals surface area contributed by atoms with E-state index in [1.165, 1.54) is 7.11 Å². The van der Waals surface area contributed by atoms with Crippen LogP contribution in [0.4, 0.5) is 0 Å². The van der Waals surface area contributed by atoms with Crippen molar-refractivity contribution in [2.24, 2.45) is 0 Å². The molecule has 1 aromatic rings. The van der Waals surface area contributed by atoms with Gasteiger partial charge < -0.3 is 4.74 Å². The number of Topliss-reactive ketones (excluding diaryl/α,β-unsaturated/α-hetero) is 1. The maximum Gasteiger partial charge on any atom is 0.315 e. The third-order valence-corrected chi connectivity index (χ3v) is 3.78. The fourth-order valence-electron chi connectivity index (χ4n) is 2.41. The molecule has 3 nitrogen and oxygen atoms in total. The van der Waals surface area contributed by atoms with Gasteiger partial charge in [-0.15, -0.1) is 6.42 Å². The summed E-state index contributed by atoms with van der Waals surface area (Å²) in [6.45, 7) is 3.88. The van der Waals surface area contributed by atoms with Gasteiger partial charge in [-0.2, -0.15) is 0 Å². The summed E-state index contributed by atoms with van der Waals surface area (Å²) in [6.07, 6.45) is 7.46. The predicted molar refractivity (Wildman–Crippen MR) is 82.9 cm³/mol. The van der Waals surface area contributed by atoms with Gasteiger partial charge in [0.2, 0.25) is 5.78 Å². The third kappa shape index (κ3) is 4.46. The number of esters is 1. The number of carbonyl (C=O) groups excluding carboxylic acids is 2. The van der Waals surface area contributed by atoms with E-state index in [1.807, 2.05) is 38.1 Å². The highest BCUT2D eigenvalue weighted by atomic mass is 16.5. The number of hydrogen-bond donors (Lipinski definition) is 0. The van der Waals surface area contributed by atoms with Crippen molar-refractivity contribution in [1.29, 1.82) is 0 Å². The van der Waals surface area contributed by atoms with Crippen LogP contribution in [0.1, 0.15) is 43.7 Å². The molecule has 112 valence electrons. The number of terminal acetylenes is 1. The summed E-state index contributed by atoms with van der Waals surface area (Å²) in [6, 6.07) is 7.88. The summed E-state index contributed by atoms with van der Waals surface area (Å²) < 4.78 is 4.97. The maximum atomic E-state index is 12.2. The Bertz CT molecular complexity index is 554. The summed E-state index contributed by atoms with van der Waals surface area (Å²) in [7, 11) is 1.40. The molecule has 0 heterocycles. The van der Waals surface area contributed by atoms with E-state index in [1.54, 1.807) is 0 Å². The number of benzene rings is 1.